The van der Waals surface area contributed by atoms with Gasteiger partial charge in [-0.2, -0.15) is 0 Å². The number of halogens is 2. The summed E-state index contributed by atoms with van der Waals surface area (Å²) in [7, 11) is 0. The Morgan fingerprint density at radius 2 is 2.00 bits per heavy atom. The molecular formula is C14H10Br2N2O4. The molecule has 0 unspecified atom stereocenters. The molecule has 1 amide bonds. The molecule has 2 aromatic carbocycles. The van der Waals surface area contributed by atoms with Crippen LogP contribution in [0.1, 0.15) is 0 Å². The van der Waals surface area contributed by atoms with Gasteiger partial charge in [0.2, 0.25) is 0 Å². The fourth-order valence-corrected chi connectivity index (χ4v) is 2.76. The van der Waals surface area contributed by atoms with E-state index < -0.39 is 4.92 Å². The molecule has 0 saturated carbocycles. The minimum absolute atomic E-state index is 0.0893. The summed E-state index contributed by atoms with van der Waals surface area (Å²) in [6.45, 7) is -0.246. The molecule has 8 heteroatoms. The Balaban J connectivity index is 1.95. The number of nitrogens with one attached hydrogen (secondary N) is 1. The Morgan fingerprint density at radius 1 is 1.23 bits per heavy atom. The summed E-state index contributed by atoms with van der Waals surface area (Å²) in [5, 5.41) is 13.3. The zero-order chi connectivity index (χ0) is 16.1. The quantitative estimate of drug-likeness (QED) is 0.572. The lowest BCUT2D eigenvalue weighted by Gasteiger charge is -2.09. The van der Waals surface area contributed by atoms with Crippen molar-refractivity contribution in [1.29, 1.82) is 0 Å². The second-order valence-corrected chi connectivity index (χ2v) is 5.99. The first kappa shape index (κ1) is 16.4. The molecule has 0 aromatic heterocycles. The van der Waals surface area contributed by atoms with Crippen LogP contribution < -0.4 is 10.1 Å². The highest BCUT2D eigenvalue weighted by atomic mass is 79.9. The van der Waals surface area contributed by atoms with Crippen LogP contribution in [0, 0.1) is 10.1 Å². The number of amides is 1. The van der Waals surface area contributed by atoms with Crippen LogP contribution in [0.3, 0.4) is 0 Å². The predicted molar refractivity (Wildman–Crippen MR) is 89.1 cm³/mol. The highest BCUT2D eigenvalue weighted by Crippen LogP contribution is 2.26. The number of benzene rings is 2. The number of hydrogen-bond donors (Lipinski definition) is 1. The summed E-state index contributed by atoms with van der Waals surface area (Å²) < 4.78 is 6.86. The molecule has 0 spiro atoms. The summed E-state index contributed by atoms with van der Waals surface area (Å²) in [5.74, 6) is -0.103. The number of rotatable bonds is 5. The molecular weight excluding hydrogens is 420 g/mol. The van der Waals surface area contributed by atoms with E-state index >= 15 is 0 Å². The van der Waals surface area contributed by atoms with Gasteiger partial charge in [-0.3, -0.25) is 14.9 Å². The number of nitro groups is 1. The van der Waals surface area contributed by atoms with E-state index in [-0.39, 0.29) is 24.0 Å². The van der Waals surface area contributed by atoms with Gasteiger partial charge in [0, 0.05) is 15.0 Å². The minimum Gasteiger partial charge on any atom is -0.484 e. The lowest BCUT2D eigenvalue weighted by atomic mass is 10.3. The van der Waals surface area contributed by atoms with Gasteiger partial charge in [0.05, 0.1) is 16.7 Å². The molecule has 0 bridgehead atoms. The van der Waals surface area contributed by atoms with Gasteiger partial charge in [0.25, 0.3) is 11.6 Å². The van der Waals surface area contributed by atoms with Crippen LogP contribution in [0.25, 0.3) is 0 Å². The monoisotopic (exact) mass is 428 g/mol. The van der Waals surface area contributed by atoms with Crippen LogP contribution in [0.2, 0.25) is 0 Å². The fraction of sp³-hybridized carbons (Fsp3) is 0.0714. The zero-order valence-corrected chi connectivity index (χ0v) is 14.3. The maximum absolute atomic E-state index is 11.8. The Morgan fingerprint density at radius 3 is 2.68 bits per heavy atom. The molecule has 22 heavy (non-hydrogen) atoms. The Labute approximate surface area is 142 Å². The van der Waals surface area contributed by atoms with Crippen molar-refractivity contribution in [1.82, 2.24) is 0 Å². The zero-order valence-electron chi connectivity index (χ0n) is 11.1. The minimum atomic E-state index is -0.522. The largest absolute Gasteiger partial charge is 0.484 e. The number of nitro benzene ring substituents is 1. The molecule has 0 aliphatic heterocycles. The van der Waals surface area contributed by atoms with Gasteiger partial charge < -0.3 is 10.1 Å². The summed E-state index contributed by atoms with van der Waals surface area (Å²) in [4.78, 5) is 22.0. The molecule has 0 fully saturated rings. The second-order valence-electron chi connectivity index (χ2n) is 4.22. The normalized spacial score (nSPS) is 10.1. The summed E-state index contributed by atoms with van der Waals surface area (Å²) in [6, 6.07) is 11.0. The standard InChI is InChI=1S/C14H10Br2N2O4/c15-9-4-5-13(12(16)6-9)17-14(19)8-22-11-3-1-2-10(7-11)18(20)21/h1-7H,8H2,(H,17,19). The number of carbonyl (C=O) groups is 1. The molecule has 1 N–H and O–H groups in total. The summed E-state index contributed by atoms with van der Waals surface area (Å²) in [5.41, 5.74) is 0.518. The molecule has 6 nitrogen and oxygen atoms in total. The summed E-state index contributed by atoms with van der Waals surface area (Å²) in [6.07, 6.45) is 0. The average molecular weight is 430 g/mol. The predicted octanol–water partition coefficient (Wildman–Crippen LogP) is 4.14. The molecule has 0 atom stereocenters. The van der Waals surface area contributed by atoms with E-state index in [4.69, 9.17) is 4.74 Å². The van der Waals surface area contributed by atoms with Gasteiger partial charge in [-0.05, 0) is 40.2 Å². The van der Waals surface area contributed by atoms with Crippen molar-refractivity contribution in [2.75, 3.05) is 11.9 Å². The van der Waals surface area contributed by atoms with E-state index in [1.165, 1.54) is 18.2 Å². The SMILES string of the molecule is O=C(COc1cccc([N+](=O)[O-])c1)Nc1ccc(Br)cc1Br. The molecule has 2 aromatic rings. The Hall–Kier alpha value is -1.93. The van der Waals surface area contributed by atoms with Crippen molar-refractivity contribution < 1.29 is 14.5 Å². The summed E-state index contributed by atoms with van der Waals surface area (Å²) >= 11 is 6.66. The second kappa shape index (κ2) is 7.37. The molecule has 0 saturated heterocycles. The maximum atomic E-state index is 11.8. The van der Waals surface area contributed by atoms with Gasteiger partial charge in [0.1, 0.15) is 5.75 Å². The molecule has 0 heterocycles. The van der Waals surface area contributed by atoms with Crippen molar-refractivity contribution in [2.24, 2.45) is 0 Å². The number of carbonyl (C=O) groups excluding carboxylic acids is 1. The van der Waals surface area contributed by atoms with Crippen molar-refractivity contribution >= 4 is 49.1 Å². The van der Waals surface area contributed by atoms with Gasteiger partial charge in [-0.15, -0.1) is 0 Å². The van der Waals surface area contributed by atoms with Crippen molar-refractivity contribution in [3.05, 3.63) is 61.5 Å². The smallest absolute Gasteiger partial charge is 0.273 e. The molecule has 0 radical (unpaired) electrons. The Bertz CT molecular complexity index is 722. The van der Waals surface area contributed by atoms with Crippen LogP contribution in [0.15, 0.2) is 51.4 Å². The number of hydrogen-bond acceptors (Lipinski definition) is 4. The first-order valence-corrected chi connectivity index (χ1v) is 7.66. The number of anilines is 1. The van der Waals surface area contributed by atoms with Crippen molar-refractivity contribution in [3.8, 4) is 5.75 Å². The topological polar surface area (TPSA) is 81.5 Å². The van der Waals surface area contributed by atoms with E-state index in [1.54, 1.807) is 24.3 Å². The molecule has 0 aliphatic rings. The van der Waals surface area contributed by atoms with Gasteiger partial charge in [-0.1, -0.05) is 22.0 Å². The number of ether oxygens (including phenoxy) is 1. The highest BCUT2D eigenvalue weighted by molar-refractivity contribution is 9.11. The third kappa shape index (κ3) is 4.54. The van der Waals surface area contributed by atoms with Gasteiger partial charge in [0.15, 0.2) is 6.61 Å². The van der Waals surface area contributed by atoms with Crippen LogP contribution in [-0.2, 0) is 4.79 Å². The van der Waals surface area contributed by atoms with Crippen molar-refractivity contribution in [2.45, 2.75) is 0 Å². The first-order chi connectivity index (χ1) is 10.5. The number of nitrogens with zero attached hydrogens (tertiary/aromatic N) is 1. The first-order valence-electron chi connectivity index (χ1n) is 6.08. The third-order valence-corrected chi connectivity index (χ3v) is 3.75. The maximum Gasteiger partial charge on any atom is 0.273 e. The highest BCUT2D eigenvalue weighted by Gasteiger charge is 2.09. The number of non-ortho nitro benzene ring substituents is 1. The van der Waals surface area contributed by atoms with E-state index in [0.717, 1.165) is 8.95 Å². The molecule has 2 rings (SSSR count). The van der Waals surface area contributed by atoms with Crippen LogP contribution in [-0.4, -0.2) is 17.4 Å². The van der Waals surface area contributed by atoms with Gasteiger partial charge in [-0.25, -0.2) is 0 Å². The van der Waals surface area contributed by atoms with E-state index in [0.29, 0.717) is 5.69 Å². The lowest BCUT2D eigenvalue weighted by Crippen LogP contribution is -2.20. The van der Waals surface area contributed by atoms with Gasteiger partial charge >= 0.3 is 0 Å². The van der Waals surface area contributed by atoms with Crippen molar-refractivity contribution in [3.63, 3.8) is 0 Å². The molecule has 114 valence electrons. The van der Waals surface area contributed by atoms with Crippen LogP contribution >= 0.6 is 31.9 Å². The molecule has 0 aliphatic carbocycles. The lowest BCUT2D eigenvalue weighted by molar-refractivity contribution is -0.384. The fourth-order valence-electron chi connectivity index (χ4n) is 1.61. The third-order valence-electron chi connectivity index (χ3n) is 2.60. The Kier molecular flexibility index (Phi) is 5.51. The van der Waals surface area contributed by atoms with E-state index in [9.17, 15) is 14.9 Å². The van der Waals surface area contributed by atoms with Crippen LogP contribution in [0.5, 0.6) is 5.75 Å². The van der Waals surface area contributed by atoms with Crippen LogP contribution in [0.4, 0.5) is 11.4 Å². The van der Waals surface area contributed by atoms with E-state index in [1.807, 2.05) is 0 Å². The van der Waals surface area contributed by atoms with E-state index in [2.05, 4.69) is 37.2 Å². The average Bonchev–Trinajstić information content (AvgIpc) is 2.48.